The Morgan fingerprint density at radius 3 is 2.15 bits per heavy atom. The second-order valence-electron chi connectivity index (χ2n) is 8.23. The first-order valence-electron chi connectivity index (χ1n) is 11.3. The van der Waals surface area contributed by atoms with Crippen molar-refractivity contribution in [3.05, 3.63) is 30.3 Å². The number of carbonyl (C=O) groups is 3. The highest BCUT2D eigenvalue weighted by atomic mass is 32.2. The van der Waals surface area contributed by atoms with Crippen LogP contribution < -0.4 is 5.32 Å². The Labute approximate surface area is 194 Å². The molecule has 2 heterocycles. The van der Waals surface area contributed by atoms with Crippen molar-refractivity contribution >= 4 is 27.9 Å². The van der Waals surface area contributed by atoms with Crippen LogP contribution in [0.4, 0.5) is 4.79 Å². The third kappa shape index (κ3) is 6.02. The Balaban J connectivity index is 1.46. The number of nitrogens with zero attached hydrogens (tertiary/aromatic N) is 3. The highest BCUT2D eigenvalue weighted by Crippen LogP contribution is 2.24. The summed E-state index contributed by atoms with van der Waals surface area (Å²) in [4.78, 5) is 40.7. The quantitative estimate of drug-likeness (QED) is 0.647. The predicted molar refractivity (Wildman–Crippen MR) is 121 cm³/mol. The summed E-state index contributed by atoms with van der Waals surface area (Å²) in [5.74, 6) is -0.781. The molecule has 3 amide bonds. The maximum absolute atomic E-state index is 12.8. The minimum Gasteiger partial charge on any atom is -0.450 e. The smallest absolute Gasteiger partial charge is 0.409 e. The number of nitrogens with one attached hydrogen (secondary N) is 1. The van der Waals surface area contributed by atoms with Crippen molar-refractivity contribution in [2.24, 2.45) is 5.92 Å². The van der Waals surface area contributed by atoms with E-state index in [4.69, 9.17) is 4.74 Å². The van der Waals surface area contributed by atoms with Crippen molar-refractivity contribution in [1.82, 2.24) is 19.4 Å². The molecule has 0 saturated carbocycles. The van der Waals surface area contributed by atoms with Crippen LogP contribution in [-0.2, 0) is 24.3 Å². The number of carbonyl (C=O) groups excluding carboxylic acids is 3. The molecule has 0 aromatic heterocycles. The molecule has 3 rings (SSSR count). The van der Waals surface area contributed by atoms with E-state index in [0.29, 0.717) is 45.6 Å². The Morgan fingerprint density at radius 2 is 1.58 bits per heavy atom. The number of piperazine rings is 1. The number of ether oxygens (including phenoxy) is 1. The fourth-order valence-electron chi connectivity index (χ4n) is 4.09. The number of benzene rings is 1. The Bertz CT molecular complexity index is 939. The van der Waals surface area contributed by atoms with Crippen LogP contribution in [0.3, 0.4) is 0 Å². The molecule has 2 saturated heterocycles. The molecule has 11 heteroatoms. The summed E-state index contributed by atoms with van der Waals surface area (Å²) >= 11 is 0. The number of amides is 3. The zero-order valence-electron chi connectivity index (χ0n) is 19.1. The summed E-state index contributed by atoms with van der Waals surface area (Å²) in [6.07, 6.45) is 0.417. The van der Waals surface area contributed by atoms with Gasteiger partial charge in [0.05, 0.1) is 11.5 Å². The van der Waals surface area contributed by atoms with Gasteiger partial charge in [-0.1, -0.05) is 18.2 Å². The molecule has 0 spiro atoms. The number of rotatable bonds is 6. The second kappa shape index (κ2) is 11.0. The summed E-state index contributed by atoms with van der Waals surface area (Å²) in [5, 5.41) is 2.78. The van der Waals surface area contributed by atoms with E-state index in [2.05, 4.69) is 5.32 Å². The summed E-state index contributed by atoms with van der Waals surface area (Å²) in [6, 6.07) is 7.56. The topological polar surface area (TPSA) is 116 Å². The third-order valence-electron chi connectivity index (χ3n) is 6.05. The maximum Gasteiger partial charge on any atom is 0.409 e. The molecule has 1 N–H and O–H groups in total. The van der Waals surface area contributed by atoms with E-state index in [1.165, 1.54) is 4.31 Å². The van der Waals surface area contributed by atoms with Crippen molar-refractivity contribution in [2.75, 3.05) is 45.9 Å². The van der Waals surface area contributed by atoms with Crippen molar-refractivity contribution in [2.45, 2.75) is 37.6 Å². The largest absolute Gasteiger partial charge is 0.450 e. The molecule has 2 aliphatic rings. The predicted octanol–water partition coefficient (Wildman–Crippen LogP) is 0.893. The first-order valence-corrected chi connectivity index (χ1v) is 12.7. The van der Waals surface area contributed by atoms with E-state index in [-0.39, 0.29) is 41.8 Å². The Kier molecular flexibility index (Phi) is 8.30. The summed E-state index contributed by atoms with van der Waals surface area (Å²) in [7, 11) is -3.57. The van der Waals surface area contributed by atoms with Gasteiger partial charge in [0.1, 0.15) is 6.04 Å². The van der Waals surface area contributed by atoms with Gasteiger partial charge in [-0.3, -0.25) is 9.59 Å². The van der Waals surface area contributed by atoms with Crippen LogP contribution >= 0.6 is 0 Å². The molecule has 2 aliphatic heterocycles. The van der Waals surface area contributed by atoms with Crippen molar-refractivity contribution < 1.29 is 27.5 Å². The molecule has 1 atom stereocenters. The van der Waals surface area contributed by atoms with Crippen LogP contribution in [0.15, 0.2) is 35.2 Å². The average molecular weight is 481 g/mol. The number of piperidine rings is 1. The first kappa shape index (κ1) is 25.0. The van der Waals surface area contributed by atoms with E-state index < -0.39 is 16.1 Å². The van der Waals surface area contributed by atoms with Gasteiger partial charge in [0.2, 0.25) is 21.8 Å². The van der Waals surface area contributed by atoms with Crippen LogP contribution in [0.1, 0.15) is 26.7 Å². The third-order valence-corrected chi connectivity index (χ3v) is 7.97. The molecular weight excluding hydrogens is 448 g/mol. The standard InChI is InChI=1S/C22H32N4O6S/c1-3-32-22(29)25-15-13-24(14-16-25)21(28)17(2)23-20(27)18-9-11-26(12-10-18)33(30,31)19-7-5-4-6-8-19/h4-8,17-18H,3,9-16H2,1-2H3,(H,23,27)/t17-/m0/s1. The molecule has 0 radical (unpaired) electrons. The van der Waals surface area contributed by atoms with Crippen molar-refractivity contribution in [3.8, 4) is 0 Å². The lowest BCUT2D eigenvalue weighted by Gasteiger charge is -2.36. The van der Waals surface area contributed by atoms with Crippen LogP contribution in [0.2, 0.25) is 0 Å². The lowest BCUT2D eigenvalue weighted by molar-refractivity contribution is -0.138. The van der Waals surface area contributed by atoms with Gasteiger partial charge in [0.15, 0.2) is 0 Å². The molecule has 182 valence electrons. The highest BCUT2D eigenvalue weighted by Gasteiger charge is 2.34. The normalized spacial score (nSPS) is 19.1. The number of hydrogen-bond acceptors (Lipinski definition) is 6. The minimum absolute atomic E-state index is 0.198. The first-order chi connectivity index (χ1) is 15.7. The van der Waals surface area contributed by atoms with Crippen LogP contribution in [-0.4, -0.2) is 92.3 Å². The van der Waals surface area contributed by atoms with E-state index in [1.807, 2.05) is 0 Å². The maximum atomic E-state index is 12.8. The lowest BCUT2D eigenvalue weighted by atomic mass is 9.97. The minimum atomic E-state index is -3.57. The summed E-state index contributed by atoms with van der Waals surface area (Å²) < 4.78 is 31.9. The lowest BCUT2D eigenvalue weighted by Crippen LogP contribution is -2.56. The van der Waals surface area contributed by atoms with Gasteiger partial charge >= 0.3 is 6.09 Å². The molecule has 1 aromatic rings. The van der Waals surface area contributed by atoms with Gasteiger partial charge < -0.3 is 19.9 Å². The number of sulfonamides is 1. The molecule has 0 aliphatic carbocycles. The average Bonchev–Trinajstić information content (AvgIpc) is 2.84. The zero-order valence-corrected chi connectivity index (χ0v) is 19.9. The molecule has 0 bridgehead atoms. The highest BCUT2D eigenvalue weighted by molar-refractivity contribution is 7.89. The van der Waals surface area contributed by atoms with E-state index >= 15 is 0 Å². The Morgan fingerprint density at radius 1 is 1.00 bits per heavy atom. The van der Waals surface area contributed by atoms with Gasteiger partial charge in [-0.25, -0.2) is 13.2 Å². The summed E-state index contributed by atoms with van der Waals surface area (Å²) in [6.45, 7) is 5.75. The fourth-order valence-corrected chi connectivity index (χ4v) is 5.58. The fraction of sp³-hybridized carbons (Fsp3) is 0.591. The number of hydrogen-bond donors (Lipinski definition) is 1. The molecule has 2 fully saturated rings. The van der Waals surface area contributed by atoms with Crippen molar-refractivity contribution in [1.29, 1.82) is 0 Å². The van der Waals surface area contributed by atoms with Crippen LogP contribution in [0.5, 0.6) is 0 Å². The van der Waals surface area contributed by atoms with Gasteiger partial charge in [-0.2, -0.15) is 4.31 Å². The van der Waals surface area contributed by atoms with Gasteiger partial charge in [0.25, 0.3) is 0 Å². The molecular formula is C22H32N4O6S. The molecule has 33 heavy (non-hydrogen) atoms. The SMILES string of the molecule is CCOC(=O)N1CCN(C(=O)[C@H](C)NC(=O)C2CCN(S(=O)(=O)c3ccccc3)CC2)CC1. The summed E-state index contributed by atoms with van der Waals surface area (Å²) in [5.41, 5.74) is 0. The zero-order chi connectivity index (χ0) is 24.0. The molecule has 10 nitrogen and oxygen atoms in total. The molecule has 0 unspecified atom stereocenters. The van der Waals surface area contributed by atoms with Crippen molar-refractivity contribution in [3.63, 3.8) is 0 Å². The van der Waals surface area contributed by atoms with E-state index in [9.17, 15) is 22.8 Å². The van der Waals surface area contributed by atoms with Gasteiger partial charge in [0, 0.05) is 45.2 Å². The molecule has 1 aromatic carbocycles. The Hall–Kier alpha value is -2.66. The van der Waals surface area contributed by atoms with E-state index in [0.717, 1.165) is 0 Å². The van der Waals surface area contributed by atoms with Gasteiger partial charge in [-0.15, -0.1) is 0 Å². The van der Waals surface area contributed by atoms with Crippen LogP contribution in [0.25, 0.3) is 0 Å². The monoisotopic (exact) mass is 480 g/mol. The second-order valence-corrected chi connectivity index (χ2v) is 10.2. The van der Waals surface area contributed by atoms with Gasteiger partial charge in [-0.05, 0) is 38.8 Å². The van der Waals surface area contributed by atoms with Crippen LogP contribution in [0, 0.1) is 5.92 Å². The van der Waals surface area contributed by atoms with E-state index in [1.54, 1.807) is 54.0 Å².